The van der Waals surface area contributed by atoms with Crippen LogP contribution in [0, 0.1) is 0 Å². The zero-order valence-electron chi connectivity index (χ0n) is 11.7. The van der Waals surface area contributed by atoms with Crippen molar-refractivity contribution in [2.24, 2.45) is 5.10 Å². The van der Waals surface area contributed by atoms with Crippen LogP contribution in [-0.2, 0) is 4.79 Å². The number of hydrogen-bond donors (Lipinski definition) is 0. The minimum Gasteiger partial charge on any atom is -0.293 e. The molecule has 6 heteroatoms. The molecule has 0 aromatic carbocycles. The van der Waals surface area contributed by atoms with Crippen molar-refractivity contribution in [2.75, 3.05) is 18.1 Å². The van der Waals surface area contributed by atoms with Crippen molar-refractivity contribution in [2.45, 2.75) is 20.3 Å². The number of hydrazine groups is 2. The van der Waals surface area contributed by atoms with E-state index < -0.39 is 0 Å². The van der Waals surface area contributed by atoms with E-state index in [-0.39, 0.29) is 12.3 Å². The topological polar surface area (TPSA) is 52.0 Å². The summed E-state index contributed by atoms with van der Waals surface area (Å²) in [7, 11) is 0. The number of carbonyl (C=O) groups excluding carboxylic acids is 1. The van der Waals surface area contributed by atoms with Crippen LogP contribution in [-0.4, -0.2) is 39.8 Å². The number of hydrazone groups is 1. The van der Waals surface area contributed by atoms with E-state index in [0.29, 0.717) is 0 Å². The van der Waals surface area contributed by atoms with Gasteiger partial charge in [0.25, 0.3) is 0 Å². The molecule has 0 radical (unpaired) electrons. The van der Waals surface area contributed by atoms with Gasteiger partial charge in [-0.25, -0.2) is 9.99 Å². The maximum absolute atomic E-state index is 12.0. The Morgan fingerprint density at radius 3 is 2.90 bits per heavy atom. The average molecular weight is 271 g/mol. The number of aromatic nitrogens is 1. The standard InChI is InChI=1S/C14H17N5O/c1-3-8-18-16-11(2)13-9-12(20)10-17(19(13)18)14-6-4-5-7-15-14/h4-7,9H,3,8,10H2,1-2H3. The molecule has 0 saturated carbocycles. The molecule has 0 aliphatic carbocycles. The van der Waals surface area contributed by atoms with Crippen molar-refractivity contribution in [1.82, 2.24) is 15.2 Å². The van der Waals surface area contributed by atoms with Crippen molar-refractivity contribution in [1.29, 1.82) is 0 Å². The first-order valence-corrected chi connectivity index (χ1v) is 6.77. The van der Waals surface area contributed by atoms with E-state index in [4.69, 9.17) is 0 Å². The molecule has 1 aromatic rings. The molecule has 0 amide bonds. The quantitative estimate of drug-likeness (QED) is 0.835. The first-order valence-electron chi connectivity index (χ1n) is 6.77. The van der Waals surface area contributed by atoms with Gasteiger partial charge in [-0.15, -0.1) is 0 Å². The molecule has 20 heavy (non-hydrogen) atoms. The van der Waals surface area contributed by atoms with Gasteiger partial charge >= 0.3 is 0 Å². The second kappa shape index (κ2) is 4.96. The van der Waals surface area contributed by atoms with Gasteiger partial charge in [-0.05, 0) is 25.5 Å². The highest BCUT2D eigenvalue weighted by atomic mass is 16.1. The van der Waals surface area contributed by atoms with E-state index in [0.717, 1.165) is 30.2 Å². The molecule has 0 bridgehead atoms. The number of allylic oxidation sites excluding steroid dienone is 1. The number of nitrogens with zero attached hydrogens (tertiary/aromatic N) is 5. The minimum atomic E-state index is 0.0646. The van der Waals surface area contributed by atoms with Crippen molar-refractivity contribution < 1.29 is 4.79 Å². The lowest BCUT2D eigenvalue weighted by Gasteiger charge is -2.40. The second-order valence-corrected chi connectivity index (χ2v) is 4.81. The van der Waals surface area contributed by atoms with Crippen molar-refractivity contribution in [3.63, 3.8) is 0 Å². The SMILES string of the molecule is CCCN1N=C(C)C2=CC(=O)CN(c3ccccn3)N21. The van der Waals surface area contributed by atoms with Gasteiger partial charge in [-0.3, -0.25) is 4.79 Å². The molecule has 2 aliphatic heterocycles. The van der Waals surface area contributed by atoms with Crippen LogP contribution in [0.15, 0.2) is 41.3 Å². The molecular weight excluding hydrogens is 254 g/mol. The summed E-state index contributed by atoms with van der Waals surface area (Å²) in [6, 6.07) is 5.67. The largest absolute Gasteiger partial charge is 0.293 e. The summed E-state index contributed by atoms with van der Waals surface area (Å²) in [5.41, 5.74) is 1.69. The maximum Gasteiger partial charge on any atom is 0.179 e. The smallest absolute Gasteiger partial charge is 0.179 e. The highest BCUT2D eigenvalue weighted by Gasteiger charge is 2.36. The fourth-order valence-corrected chi connectivity index (χ4v) is 2.39. The van der Waals surface area contributed by atoms with Crippen LogP contribution in [0.3, 0.4) is 0 Å². The summed E-state index contributed by atoms with van der Waals surface area (Å²) in [4.78, 5) is 16.3. The molecule has 3 heterocycles. The number of hydrogen-bond acceptors (Lipinski definition) is 6. The lowest BCUT2D eigenvalue weighted by molar-refractivity contribution is -0.116. The highest BCUT2D eigenvalue weighted by Crippen LogP contribution is 2.28. The Morgan fingerprint density at radius 2 is 2.20 bits per heavy atom. The van der Waals surface area contributed by atoms with E-state index in [1.54, 1.807) is 12.3 Å². The van der Waals surface area contributed by atoms with E-state index in [1.165, 1.54) is 0 Å². The Labute approximate surface area is 117 Å². The maximum atomic E-state index is 12.0. The van der Waals surface area contributed by atoms with Crippen LogP contribution in [0.1, 0.15) is 20.3 Å². The molecule has 1 aromatic heterocycles. The third kappa shape index (κ3) is 2.03. The van der Waals surface area contributed by atoms with Gasteiger partial charge in [-0.1, -0.05) is 13.0 Å². The number of ketones is 1. The molecule has 2 aliphatic rings. The Bertz CT molecular complexity index is 580. The van der Waals surface area contributed by atoms with Gasteiger partial charge in [0.05, 0.1) is 12.3 Å². The molecule has 0 spiro atoms. The Kier molecular flexibility index (Phi) is 3.14. The monoisotopic (exact) mass is 271 g/mol. The van der Waals surface area contributed by atoms with Crippen LogP contribution >= 0.6 is 0 Å². The molecule has 0 unspecified atom stereocenters. The molecular formula is C14H17N5O. The lowest BCUT2D eigenvalue weighted by atomic mass is 10.2. The van der Waals surface area contributed by atoms with Crippen molar-refractivity contribution in [3.05, 3.63) is 36.2 Å². The molecule has 0 atom stereocenters. The van der Waals surface area contributed by atoms with Crippen molar-refractivity contribution >= 4 is 17.3 Å². The van der Waals surface area contributed by atoms with Crippen LogP contribution < -0.4 is 5.01 Å². The Morgan fingerprint density at radius 1 is 1.35 bits per heavy atom. The summed E-state index contributed by atoms with van der Waals surface area (Å²) in [5, 5.41) is 10.2. The minimum absolute atomic E-state index is 0.0646. The fourth-order valence-electron chi connectivity index (χ4n) is 2.39. The van der Waals surface area contributed by atoms with Gasteiger partial charge < -0.3 is 0 Å². The third-order valence-electron chi connectivity index (χ3n) is 3.24. The normalized spacial score (nSPS) is 18.1. The Balaban J connectivity index is 2.00. The average Bonchev–Trinajstić information content (AvgIpc) is 2.76. The number of pyridine rings is 1. The summed E-state index contributed by atoms with van der Waals surface area (Å²) in [6.45, 7) is 5.10. The molecule has 3 rings (SSSR count). The van der Waals surface area contributed by atoms with Gasteiger partial charge in [-0.2, -0.15) is 15.3 Å². The zero-order valence-corrected chi connectivity index (χ0v) is 11.7. The first-order chi connectivity index (χ1) is 9.70. The molecule has 0 N–H and O–H groups in total. The number of rotatable bonds is 3. The predicted octanol–water partition coefficient (Wildman–Crippen LogP) is 1.59. The molecule has 0 fully saturated rings. The van der Waals surface area contributed by atoms with Crippen LogP contribution in [0.4, 0.5) is 5.82 Å². The fraction of sp³-hybridized carbons (Fsp3) is 0.357. The third-order valence-corrected chi connectivity index (χ3v) is 3.24. The Hall–Kier alpha value is -2.37. The van der Waals surface area contributed by atoms with Gasteiger partial charge in [0.15, 0.2) is 5.78 Å². The van der Waals surface area contributed by atoms with E-state index in [9.17, 15) is 4.79 Å². The zero-order chi connectivity index (χ0) is 14.1. The molecule has 6 nitrogen and oxygen atoms in total. The number of fused-ring (bicyclic) bond motifs is 1. The lowest BCUT2D eigenvalue weighted by Crippen LogP contribution is -2.53. The van der Waals surface area contributed by atoms with E-state index in [2.05, 4.69) is 17.0 Å². The van der Waals surface area contributed by atoms with E-state index in [1.807, 2.05) is 40.4 Å². The van der Waals surface area contributed by atoms with Crippen LogP contribution in [0.5, 0.6) is 0 Å². The van der Waals surface area contributed by atoms with Gasteiger partial charge in [0.2, 0.25) is 0 Å². The first kappa shape index (κ1) is 12.7. The molecule has 0 saturated heterocycles. The second-order valence-electron chi connectivity index (χ2n) is 4.81. The van der Waals surface area contributed by atoms with E-state index >= 15 is 0 Å². The summed E-state index contributed by atoms with van der Waals surface area (Å²) in [6.07, 6.45) is 4.37. The summed E-state index contributed by atoms with van der Waals surface area (Å²) >= 11 is 0. The summed E-state index contributed by atoms with van der Waals surface area (Å²) < 4.78 is 0. The number of anilines is 1. The summed E-state index contributed by atoms with van der Waals surface area (Å²) in [5.74, 6) is 0.812. The van der Waals surface area contributed by atoms with Crippen LogP contribution in [0.25, 0.3) is 0 Å². The van der Waals surface area contributed by atoms with Crippen LogP contribution in [0.2, 0.25) is 0 Å². The number of carbonyl (C=O) groups is 1. The predicted molar refractivity (Wildman–Crippen MR) is 76.6 cm³/mol. The highest BCUT2D eigenvalue weighted by molar-refractivity contribution is 6.07. The van der Waals surface area contributed by atoms with Gasteiger partial charge in [0, 0.05) is 12.3 Å². The van der Waals surface area contributed by atoms with Crippen molar-refractivity contribution in [3.8, 4) is 0 Å². The van der Waals surface area contributed by atoms with Gasteiger partial charge in [0.1, 0.15) is 18.1 Å². The molecule has 104 valence electrons.